The zero-order valence-corrected chi connectivity index (χ0v) is 23.9. The number of nitriles is 1. The summed E-state index contributed by atoms with van der Waals surface area (Å²) in [5, 5.41) is 15.2. The molecular weight excluding hydrogens is 540 g/mol. The summed E-state index contributed by atoms with van der Waals surface area (Å²) in [6, 6.07) is 9.78. The van der Waals surface area contributed by atoms with Crippen LogP contribution in [0.3, 0.4) is 0 Å². The molecule has 4 aromatic heterocycles. The number of benzene rings is 1. The van der Waals surface area contributed by atoms with Gasteiger partial charge in [0.25, 0.3) is 0 Å². The largest absolute Gasteiger partial charge is 0.339 e. The predicted molar refractivity (Wildman–Crippen MR) is 156 cm³/mol. The van der Waals surface area contributed by atoms with E-state index in [1.165, 1.54) is 6.26 Å². The van der Waals surface area contributed by atoms with Crippen LogP contribution in [0, 0.1) is 16.7 Å². The first-order chi connectivity index (χ1) is 19.6. The third-order valence-corrected chi connectivity index (χ3v) is 10.3. The number of hydrogen-bond acceptors (Lipinski definition) is 6. The van der Waals surface area contributed by atoms with Crippen molar-refractivity contribution in [3.8, 4) is 28.5 Å². The maximum Gasteiger partial charge on any atom is 0.329 e. The van der Waals surface area contributed by atoms with Crippen LogP contribution in [0.25, 0.3) is 44.5 Å². The van der Waals surface area contributed by atoms with Crippen molar-refractivity contribution in [1.29, 1.82) is 5.26 Å². The Morgan fingerprint density at radius 1 is 1.12 bits per heavy atom. The summed E-state index contributed by atoms with van der Waals surface area (Å²) < 4.78 is 30.8. The second-order valence-electron chi connectivity index (χ2n) is 11.6. The van der Waals surface area contributed by atoms with E-state index < -0.39 is 10.0 Å². The van der Waals surface area contributed by atoms with Gasteiger partial charge in [-0.1, -0.05) is 18.2 Å². The highest BCUT2D eigenvalue weighted by Crippen LogP contribution is 2.49. The fourth-order valence-corrected chi connectivity index (χ4v) is 7.89. The lowest BCUT2D eigenvalue weighted by Crippen LogP contribution is -2.59. The Kier molecular flexibility index (Phi) is 5.58. The average molecular weight is 571 g/mol. The van der Waals surface area contributed by atoms with Crippen LogP contribution in [0.5, 0.6) is 0 Å². The van der Waals surface area contributed by atoms with Crippen LogP contribution in [0.4, 0.5) is 0 Å². The topological polar surface area (TPSA) is 135 Å². The highest BCUT2D eigenvalue weighted by atomic mass is 32.2. The summed E-state index contributed by atoms with van der Waals surface area (Å²) in [7, 11) is 0.441. The molecule has 5 aromatic rings. The van der Waals surface area contributed by atoms with Crippen molar-refractivity contribution < 1.29 is 8.42 Å². The second-order valence-corrected chi connectivity index (χ2v) is 13.6. The van der Waals surface area contributed by atoms with Gasteiger partial charge in [-0.25, -0.2) is 22.5 Å². The van der Waals surface area contributed by atoms with Gasteiger partial charge in [-0.15, -0.1) is 0 Å². The first-order valence-corrected chi connectivity index (χ1v) is 15.5. The lowest BCUT2D eigenvalue weighted by atomic mass is 9.68. The molecule has 0 bridgehead atoms. The van der Waals surface area contributed by atoms with E-state index in [4.69, 9.17) is 4.98 Å². The molecule has 210 valence electrons. The van der Waals surface area contributed by atoms with Crippen LogP contribution < -0.4 is 5.69 Å². The number of fused-ring (bicyclic) bond motifs is 3. The maximum atomic E-state index is 13.8. The van der Waals surface area contributed by atoms with Crippen molar-refractivity contribution in [1.82, 2.24) is 33.2 Å². The molecule has 5 heterocycles. The minimum atomic E-state index is -3.18. The highest BCUT2D eigenvalue weighted by molar-refractivity contribution is 7.88. The average Bonchev–Trinajstić information content (AvgIpc) is 3.61. The van der Waals surface area contributed by atoms with E-state index >= 15 is 0 Å². The molecule has 1 N–H and O–H groups in total. The minimum absolute atomic E-state index is 0.0108. The van der Waals surface area contributed by atoms with E-state index in [0.717, 1.165) is 64.5 Å². The summed E-state index contributed by atoms with van der Waals surface area (Å²) in [6.45, 7) is 1.11. The van der Waals surface area contributed by atoms with Gasteiger partial charge in [0.05, 0.1) is 52.4 Å². The molecule has 41 heavy (non-hydrogen) atoms. The molecule has 1 aliphatic heterocycles. The van der Waals surface area contributed by atoms with Gasteiger partial charge in [-0.2, -0.15) is 10.4 Å². The second kappa shape index (κ2) is 8.89. The molecule has 7 rings (SSSR count). The van der Waals surface area contributed by atoms with Gasteiger partial charge >= 0.3 is 5.69 Å². The molecule has 0 unspecified atom stereocenters. The number of nitrogens with zero attached hydrogens (tertiary/aromatic N) is 7. The van der Waals surface area contributed by atoms with Crippen molar-refractivity contribution >= 4 is 32.1 Å². The molecule has 0 radical (unpaired) electrons. The number of aryl methyl sites for hydroxylation is 2. The molecule has 12 heteroatoms. The van der Waals surface area contributed by atoms with Gasteiger partial charge in [0.15, 0.2) is 0 Å². The molecule has 0 amide bonds. The number of H-pyrrole nitrogens is 1. The van der Waals surface area contributed by atoms with E-state index in [1.54, 1.807) is 39.1 Å². The van der Waals surface area contributed by atoms with E-state index in [2.05, 4.69) is 16.2 Å². The van der Waals surface area contributed by atoms with Gasteiger partial charge in [0.2, 0.25) is 10.0 Å². The van der Waals surface area contributed by atoms with Crippen LogP contribution >= 0.6 is 0 Å². The lowest BCUT2D eigenvalue weighted by molar-refractivity contribution is 0.0177. The SMILES string of the molecule is Cn1cc(-c2[nH]c3ncc4c(c3c2-c2ccccc2C#N)n(C2CCC3(CC2)CN(S(C)(=O)=O)C3)c(=O)n4C)cn1. The Balaban J connectivity index is 1.43. The molecule has 1 saturated carbocycles. The molecule has 0 atom stereocenters. The van der Waals surface area contributed by atoms with Crippen LogP contribution in [0.15, 0.2) is 47.7 Å². The van der Waals surface area contributed by atoms with Crippen LogP contribution in [-0.2, 0) is 24.1 Å². The molecule has 2 aliphatic rings. The number of hydrogen-bond donors (Lipinski definition) is 1. The Bertz CT molecular complexity index is 2060. The molecule has 1 aromatic carbocycles. The van der Waals surface area contributed by atoms with Gasteiger partial charge in [-0.3, -0.25) is 13.8 Å². The van der Waals surface area contributed by atoms with Crippen molar-refractivity contribution in [2.45, 2.75) is 31.7 Å². The van der Waals surface area contributed by atoms with Crippen molar-refractivity contribution in [2.75, 3.05) is 19.3 Å². The van der Waals surface area contributed by atoms with Crippen molar-refractivity contribution in [3.63, 3.8) is 0 Å². The summed E-state index contributed by atoms with van der Waals surface area (Å²) in [4.78, 5) is 22.1. The first-order valence-electron chi connectivity index (χ1n) is 13.7. The fourth-order valence-electron chi connectivity index (χ4n) is 6.88. The summed E-state index contributed by atoms with van der Waals surface area (Å²) in [5.74, 6) is 0. The normalized spacial score (nSPS) is 17.8. The first kappa shape index (κ1) is 25.7. The number of sulfonamides is 1. The number of rotatable bonds is 4. The van der Waals surface area contributed by atoms with Crippen LogP contribution in [-0.4, -0.2) is 61.0 Å². The molecular formula is C29H30N8O3S. The Labute approximate surface area is 236 Å². The quantitative estimate of drug-likeness (QED) is 0.351. The third-order valence-electron chi connectivity index (χ3n) is 9.05. The van der Waals surface area contributed by atoms with Gasteiger partial charge in [0, 0.05) is 56.1 Å². The Morgan fingerprint density at radius 3 is 2.51 bits per heavy atom. The third kappa shape index (κ3) is 3.87. The summed E-state index contributed by atoms with van der Waals surface area (Å²) in [5.41, 5.74) is 5.78. The zero-order chi connectivity index (χ0) is 28.7. The molecule has 1 aliphatic carbocycles. The number of aromatic nitrogens is 6. The van der Waals surface area contributed by atoms with Crippen molar-refractivity contribution in [2.24, 2.45) is 19.5 Å². The van der Waals surface area contributed by atoms with E-state index in [9.17, 15) is 18.5 Å². The fraction of sp³-hybridized carbons (Fsp3) is 0.379. The number of aromatic amines is 1. The monoisotopic (exact) mass is 570 g/mol. The molecule has 2 fully saturated rings. The highest BCUT2D eigenvalue weighted by Gasteiger charge is 2.48. The lowest BCUT2D eigenvalue weighted by Gasteiger charge is -2.52. The predicted octanol–water partition coefficient (Wildman–Crippen LogP) is 3.53. The molecule has 1 saturated heterocycles. The molecule has 11 nitrogen and oxygen atoms in total. The summed E-state index contributed by atoms with van der Waals surface area (Å²) in [6.07, 6.45) is 9.97. The number of nitrogens with one attached hydrogen (secondary N) is 1. The molecule has 1 spiro atoms. The number of imidazole rings is 1. The van der Waals surface area contributed by atoms with Crippen LogP contribution in [0.2, 0.25) is 0 Å². The maximum absolute atomic E-state index is 13.8. The van der Waals surface area contributed by atoms with E-state index in [1.807, 2.05) is 36.0 Å². The van der Waals surface area contributed by atoms with Gasteiger partial charge in [0.1, 0.15) is 5.65 Å². The van der Waals surface area contributed by atoms with Crippen LogP contribution in [0.1, 0.15) is 37.3 Å². The summed E-state index contributed by atoms with van der Waals surface area (Å²) >= 11 is 0. The Hall–Kier alpha value is -4.21. The smallest absolute Gasteiger partial charge is 0.329 e. The standard InChI is InChI=1S/C29H30N8O3S/c1-34-15-19(13-32-34)25-23(21-7-5-4-6-18(21)12-30)24-26-22(14-31-27(24)33-25)35(2)28(38)37(26)20-8-10-29(11-9-20)16-36(17-29)41(3,39)40/h4-7,13-15,20H,8-11,16-17H2,1-3H3,(H,31,33). The minimum Gasteiger partial charge on any atom is -0.339 e. The van der Waals surface area contributed by atoms with Gasteiger partial charge in [-0.05, 0) is 37.2 Å². The van der Waals surface area contributed by atoms with Gasteiger partial charge < -0.3 is 4.98 Å². The van der Waals surface area contributed by atoms with Crippen molar-refractivity contribution in [3.05, 3.63) is 58.9 Å². The van der Waals surface area contributed by atoms with E-state index in [-0.39, 0.29) is 17.1 Å². The number of pyridine rings is 1. The Morgan fingerprint density at radius 2 is 1.85 bits per heavy atom. The zero-order valence-electron chi connectivity index (χ0n) is 23.1. The van der Waals surface area contributed by atoms with E-state index in [0.29, 0.717) is 24.3 Å².